The summed E-state index contributed by atoms with van der Waals surface area (Å²) in [4.78, 5) is 13.1. The van der Waals surface area contributed by atoms with Crippen LogP contribution in [0.3, 0.4) is 0 Å². The predicted octanol–water partition coefficient (Wildman–Crippen LogP) is 19.4. The van der Waals surface area contributed by atoms with Gasteiger partial charge in [0.25, 0.3) is 0 Å². The average Bonchev–Trinajstić information content (AvgIpc) is 3.68. The minimum atomic E-state index is -1.58. The number of carbonyl (C=O) groups excluding carboxylic acids is 1. The van der Waals surface area contributed by atoms with Gasteiger partial charge in [-0.3, -0.25) is 4.79 Å². The van der Waals surface area contributed by atoms with Crippen LogP contribution in [0.15, 0.2) is 122 Å². The smallest absolute Gasteiger partial charge is 0.220 e. The lowest BCUT2D eigenvalue weighted by Gasteiger charge is -2.40. The maximum absolute atomic E-state index is 13.1. The summed E-state index contributed by atoms with van der Waals surface area (Å²) in [5.74, 6) is -0.196. The van der Waals surface area contributed by atoms with Gasteiger partial charge in [-0.1, -0.05) is 309 Å². The van der Waals surface area contributed by atoms with Crippen molar-refractivity contribution in [3.05, 3.63) is 122 Å². The summed E-state index contributed by atoms with van der Waals surface area (Å²) < 4.78 is 11.3. The monoisotopic (exact) mass is 1190 g/mol. The van der Waals surface area contributed by atoms with E-state index in [1.165, 1.54) is 173 Å². The van der Waals surface area contributed by atoms with Gasteiger partial charge in [0.15, 0.2) is 6.29 Å². The molecule has 488 valence electrons. The van der Waals surface area contributed by atoms with Crippen LogP contribution in [0, 0.1) is 0 Å². The van der Waals surface area contributed by atoms with Crippen molar-refractivity contribution in [3.8, 4) is 0 Å². The Morgan fingerprint density at radius 2 is 0.741 bits per heavy atom. The van der Waals surface area contributed by atoms with Gasteiger partial charge >= 0.3 is 0 Å². The van der Waals surface area contributed by atoms with Gasteiger partial charge in [0.2, 0.25) is 5.91 Å². The molecule has 6 N–H and O–H groups in total. The third-order valence-electron chi connectivity index (χ3n) is 16.0. The van der Waals surface area contributed by atoms with Crippen molar-refractivity contribution < 1.29 is 39.8 Å². The molecule has 9 nitrogen and oxygen atoms in total. The quantitative estimate of drug-likeness (QED) is 0.0261. The second-order valence-electron chi connectivity index (χ2n) is 23.9. The van der Waals surface area contributed by atoms with Crippen LogP contribution < -0.4 is 5.32 Å². The fourth-order valence-corrected chi connectivity index (χ4v) is 10.5. The first-order chi connectivity index (χ1) is 41.8. The van der Waals surface area contributed by atoms with Crippen molar-refractivity contribution in [3.63, 3.8) is 0 Å². The first-order valence-corrected chi connectivity index (χ1v) is 35.3. The highest BCUT2D eigenvalue weighted by Gasteiger charge is 2.44. The molecule has 1 amide bonds. The number of allylic oxidation sites excluding steroid dienone is 19. The van der Waals surface area contributed by atoms with Crippen LogP contribution in [-0.2, 0) is 14.3 Å². The van der Waals surface area contributed by atoms with Crippen molar-refractivity contribution in [2.24, 2.45) is 0 Å². The zero-order chi connectivity index (χ0) is 61.4. The molecule has 1 rings (SSSR count). The molecule has 0 aromatic rings. The standard InChI is InChI=1S/C76H131NO8/c1-3-5-7-9-11-13-15-17-19-21-23-25-27-29-31-33-34-35-36-38-40-42-44-46-48-50-52-54-56-58-60-62-64-66-72(80)77-69(68-84-76-75(83)74(82)73(81)71(67-78)85-76)70(79)65-63-61-59-57-55-53-51-49-47-45-43-41-39-37-32-30-28-26-24-22-20-18-16-14-12-10-8-6-4-2/h5,7,11,13,17,19,23,25,29,31,34-35,38,40,47,49,55,57,63,65,69-71,73-76,78-79,81-83H,3-4,6,8-10,12,14-16,18,20-22,24,26-28,30,32-33,36-37,39,41-46,48,50-54,56,58-62,64,66-68H2,1-2H3,(H,77,80)/b7-5-,13-11-,19-17-,25-23-,31-29-,35-34-,40-38-,49-47+,57-55+,65-63+. The van der Waals surface area contributed by atoms with Gasteiger partial charge < -0.3 is 40.3 Å². The first-order valence-electron chi connectivity index (χ1n) is 35.3. The van der Waals surface area contributed by atoms with E-state index in [0.717, 1.165) is 103 Å². The van der Waals surface area contributed by atoms with Crippen molar-refractivity contribution in [1.82, 2.24) is 5.32 Å². The second kappa shape index (κ2) is 63.6. The molecule has 0 spiro atoms. The van der Waals surface area contributed by atoms with Crippen LogP contribution in [0.1, 0.15) is 296 Å². The minimum absolute atomic E-state index is 0.196. The van der Waals surface area contributed by atoms with E-state index in [9.17, 15) is 30.3 Å². The molecule has 1 aliphatic heterocycles. The maximum atomic E-state index is 13.1. The summed E-state index contributed by atoms with van der Waals surface area (Å²) in [5.41, 5.74) is 0. The van der Waals surface area contributed by atoms with E-state index in [4.69, 9.17) is 9.47 Å². The summed E-state index contributed by atoms with van der Waals surface area (Å²) in [6.07, 6.45) is 88.7. The van der Waals surface area contributed by atoms with Gasteiger partial charge in [0.1, 0.15) is 24.4 Å². The number of carbonyl (C=O) groups is 1. The fraction of sp³-hybridized carbons (Fsp3) is 0.724. The van der Waals surface area contributed by atoms with Crippen molar-refractivity contribution in [1.29, 1.82) is 0 Å². The van der Waals surface area contributed by atoms with E-state index in [-0.39, 0.29) is 12.5 Å². The highest BCUT2D eigenvalue weighted by molar-refractivity contribution is 5.76. The lowest BCUT2D eigenvalue weighted by molar-refractivity contribution is -0.302. The Hall–Kier alpha value is -3.41. The molecule has 9 heteroatoms. The molecule has 1 aliphatic rings. The van der Waals surface area contributed by atoms with Gasteiger partial charge in [0, 0.05) is 6.42 Å². The number of amides is 1. The Morgan fingerprint density at radius 3 is 1.13 bits per heavy atom. The molecule has 0 aromatic heterocycles. The number of unbranched alkanes of at least 4 members (excludes halogenated alkanes) is 32. The number of ether oxygens (including phenoxy) is 2. The van der Waals surface area contributed by atoms with Crippen LogP contribution in [0.2, 0.25) is 0 Å². The van der Waals surface area contributed by atoms with Crippen molar-refractivity contribution in [2.45, 2.75) is 339 Å². The highest BCUT2D eigenvalue weighted by atomic mass is 16.7. The third-order valence-corrected chi connectivity index (χ3v) is 16.0. The number of hydrogen-bond acceptors (Lipinski definition) is 8. The highest BCUT2D eigenvalue weighted by Crippen LogP contribution is 2.23. The van der Waals surface area contributed by atoms with Crippen LogP contribution >= 0.6 is 0 Å². The van der Waals surface area contributed by atoms with E-state index in [1.54, 1.807) is 6.08 Å². The number of hydrogen-bond donors (Lipinski definition) is 6. The predicted molar refractivity (Wildman–Crippen MR) is 364 cm³/mol. The summed E-state index contributed by atoms with van der Waals surface area (Å²) in [6, 6.07) is -0.840. The maximum Gasteiger partial charge on any atom is 0.220 e. The molecule has 0 saturated carbocycles. The molecule has 1 fully saturated rings. The van der Waals surface area contributed by atoms with Crippen LogP contribution in [-0.4, -0.2) is 87.5 Å². The number of nitrogens with one attached hydrogen (secondary N) is 1. The SMILES string of the molecule is CC/C=C\C/C=C\C/C=C\C/C=C\C/C=C\C/C=C\C/C=C\CCCCCCCCCCCCCC(=O)NC(COC1OC(CO)C(O)C(O)C1O)C(O)/C=C/CC/C=C/CC/C=C/CCCCCCCCCCCCCCCCCCCCC. The van der Waals surface area contributed by atoms with Gasteiger partial charge in [-0.25, -0.2) is 0 Å². The van der Waals surface area contributed by atoms with Gasteiger partial charge in [-0.2, -0.15) is 0 Å². The van der Waals surface area contributed by atoms with Crippen molar-refractivity contribution in [2.75, 3.05) is 13.2 Å². The van der Waals surface area contributed by atoms with Crippen LogP contribution in [0.25, 0.3) is 0 Å². The number of aliphatic hydroxyl groups is 5. The summed E-state index contributed by atoms with van der Waals surface area (Å²) >= 11 is 0. The lowest BCUT2D eigenvalue weighted by Crippen LogP contribution is -2.60. The zero-order valence-corrected chi connectivity index (χ0v) is 54.6. The molecule has 7 atom stereocenters. The van der Waals surface area contributed by atoms with Crippen LogP contribution in [0.5, 0.6) is 0 Å². The van der Waals surface area contributed by atoms with Gasteiger partial charge in [-0.15, -0.1) is 0 Å². The first kappa shape index (κ1) is 79.6. The summed E-state index contributed by atoms with van der Waals surface area (Å²) in [6.45, 7) is 3.66. The Labute approximate surface area is 522 Å². The second-order valence-corrected chi connectivity index (χ2v) is 23.9. The minimum Gasteiger partial charge on any atom is -0.394 e. The van der Waals surface area contributed by atoms with E-state index in [0.29, 0.717) is 6.42 Å². The Kier molecular flexibility index (Phi) is 59.6. The molecule has 1 heterocycles. The van der Waals surface area contributed by atoms with Crippen molar-refractivity contribution >= 4 is 5.91 Å². The topological polar surface area (TPSA) is 149 Å². The van der Waals surface area contributed by atoms with E-state index in [1.807, 2.05) is 6.08 Å². The van der Waals surface area contributed by atoms with Gasteiger partial charge in [-0.05, 0) is 103 Å². The molecular weight excluding hydrogens is 1050 g/mol. The molecule has 1 saturated heterocycles. The van der Waals surface area contributed by atoms with E-state index in [2.05, 4.69) is 129 Å². The average molecular weight is 1190 g/mol. The normalized spacial score (nSPS) is 18.9. The third kappa shape index (κ3) is 52.3. The molecule has 7 unspecified atom stereocenters. The summed E-state index contributed by atoms with van der Waals surface area (Å²) in [5, 5.41) is 54.7. The molecule has 85 heavy (non-hydrogen) atoms. The molecule has 0 radical (unpaired) electrons. The summed E-state index contributed by atoms with van der Waals surface area (Å²) in [7, 11) is 0. The van der Waals surface area contributed by atoms with E-state index < -0.39 is 49.5 Å². The molecule has 0 bridgehead atoms. The molecular formula is C76H131NO8. The number of rotatable bonds is 60. The van der Waals surface area contributed by atoms with Crippen LogP contribution in [0.4, 0.5) is 0 Å². The molecule has 0 aromatic carbocycles. The Bertz CT molecular complexity index is 1760. The zero-order valence-electron chi connectivity index (χ0n) is 54.6. The lowest BCUT2D eigenvalue weighted by atomic mass is 9.99. The number of aliphatic hydroxyl groups excluding tert-OH is 5. The Morgan fingerprint density at radius 1 is 0.412 bits per heavy atom. The van der Waals surface area contributed by atoms with Gasteiger partial charge in [0.05, 0.1) is 25.4 Å². The van der Waals surface area contributed by atoms with E-state index >= 15 is 0 Å². The Balaban J connectivity index is 2.19. The fourth-order valence-electron chi connectivity index (χ4n) is 10.5. The molecule has 0 aliphatic carbocycles. The largest absolute Gasteiger partial charge is 0.394 e.